The highest BCUT2D eigenvalue weighted by atomic mass is 79.9. The van der Waals surface area contributed by atoms with Crippen LogP contribution in [0, 0.1) is 0 Å². The molecule has 0 aliphatic carbocycles. The van der Waals surface area contributed by atoms with Crippen molar-refractivity contribution < 1.29 is 0 Å². The van der Waals surface area contributed by atoms with Crippen LogP contribution in [0.5, 0.6) is 0 Å². The average molecular weight is 293 g/mol. The second kappa shape index (κ2) is 4.46. The highest BCUT2D eigenvalue weighted by Gasteiger charge is 2.16. The fraction of sp³-hybridized carbons (Fsp3) is 0.429. The van der Waals surface area contributed by atoms with Gasteiger partial charge in [-0.05, 0) is 55.5 Å². The van der Waals surface area contributed by atoms with Crippen molar-refractivity contribution in [2.45, 2.75) is 32.2 Å². The number of aromatic nitrogens is 1. The Bertz CT molecular complexity index is 557. The molecular formula is C14H17BrN2. The number of rotatable bonds is 3. The van der Waals surface area contributed by atoms with Crippen LogP contribution in [0.15, 0.2) is 22.8 Å². The fourth-order valence-electron chi connectivity index (χ4n) is 2.86. The minimum Gasteiger partial charge on any atom is -0.347 e. The fourth-order valence-corrected chi connectivity index (χ4v) is 3.37. The van der Waals surface area contributed by atoms with Gasteiger partial charge in [-0.3, -0.25) is 0 Å². The third-order valence-corrected chi connectivity index (χ3v) is 4.05. The molecule has 1 aromatic heterocycles. The highest BCUT2D eigenvalue weighted by molar-refractivity contribution is 9.10. The Kier molecular flexibility index (Phi) is 2.97. The molecule has 2 aromatic rings. The number of hydrogen-bond donors (Lipinski definition) is 1. The van der Waals surface area contributed by atoms with E-state index in [9.17, 15) is 0 Å². The van der Waals surface area contributed by atoms with E-state index in [1.165, 1.54) is 39.3 Å². The molecule has 0 radical (unpaired) electrons. The molecule has 17 heavy (non-hydrogen) atoms. The van der Waals surface area contributed by atoms with E-state index in [1.807, 2.05) is 0 Å². The Labute approximate surface area is 110 Å². The summed E-state index contributed by atoms with van der Waals surface area (Å²) in [7, 11) is 0. The Morgan fingerprint density at radius 1 is 1.35 bits per heavy atom. The Hall–Kier alpha value is -0.800. The minimum atomic E-state index is 0.771. The van der Waals surface area contributed by atoms with Crippen molar-refractivity contribution in [3.63, 3.8) is 0 Å². The first kappa shape index (κ1) is 11.3. The maximum atomic E-state index is 5.62. The van der Waals surface area contributed by atoms with Gasteiger partial charge in [0, 0.05) is 22.6 Å². The molecule has 2 nitrogen and oxygen atoms in total. The van der Waals surface area contributed by atoms with Gasteiger partial charge in [-0.2, -0.15) is 0 Å². The van der Waals surface area contributed by atoms with Crippen molar-refractivity contribution in [3.8, 4) is 0 Å². The molecule has 3 heteroatoms. The van der Waals surface area contributed by atoms with Crippen molar-refractivity contribution in [1.82, 2.24) is 4.57 Å². The molecule has 0 bridgehead atoms. The lowest BCUT2D eigenvalue weighted by molar-refractivity contribution is 0.633. The zero-order valence-corrected chi connectivity index (χ0v) is 11.5. The van der Waals surface area contributed by atoms with E-state index in [0.717, 1.165) is 25.9 Å². The van der Waals surface area contributed by atoms with E-state index in [4.69, 9.17) is 5.73 Å². The zero-order valence-electron chi connectivity index (χ0n) is 9.88. The molecule has 90 valence electrons. The van der Waals surface area contributed by atoms with Gasteiger partial charge >= 0.3 is 0 Å². The molecular weight excluding hydrogens is 276 g/mol. The molecule has 0 atom stereocenters. The summed E-state index contributed by atoms with van der Waals surface area (Å²) in [6, 6.07) is 4.53. The third-order valence-electron chi connectivity index (χ3n) is 3.59. The van der Waals surface area contributed by atoms with E-state index in [2.05, 4.69) is 38.8 Å². The normalized spacial score (nSPS) is 14.5. The van der Waals surface area contributed by atoms with Crippen molar-refractivity contribution >= 4 is 26.8 Å². The van der Waals surface area contributed by atoms with Crippen LogP contribution < -0.4 is 5.73 Å². The summed E-state index contributed by atoms with van der Waals surface area (Å²) in [5, 5.41) is 1.42. The van der Waals surface area contributed by atoms with Gasteiger partial charge in [0.05, 0.1) is 5.52 Å². The van der Waals surface area contributed by atoms with Gasteiger partial charge in [-0.1, -0.05) is 15.9 Å². The number of halogens is 1. The van der Waals surface area contributed by atoms with Gasteiger partial charge < -0.3 is 10.3 Å². The Balaban J connectivity index is 2.18. The van der Waals surface area contributed by atoms with Gasteiger partial charge in [0.15, 0.2) is 0 Å². The summed E-state index contributed by atoms with van der Waals surface area (Å²) in [5.41, 5.74) is 10.0. The lowest BCUT2D eigenvalue weighted by Gasteiger charge is -2.15. The molecule has 0 saturated heterocycles. The van der Waals surface area contributed by atoms with Gasteiger partial charge in [0.25, 0.3) is 0 Å². The van der Waals surface area contributed by atoms with Crippen molar-refractivity contribution in [1.29, 1.82) is 0 Å². The molecule has 2 N–H and O–H groups in total. The van der Waals surface area contributed by atoms with Crippen LogP contribution >= 0.6 is 15.9 Å². The van der Waals surface area contributed by atoms with Gasteiger partial charge in [0.1, 0.15) is 0 Å². The minimum absolute atomic E-state index is 0.771. The van der Waals surface area contributed by atoms with Crippen LogP contribution in [0.1, 0.15) is 24.0 Å². The molecule has 0 saturated carbocycles. The number of hydrogen-bond acceptors (Lipinski definition) is 1. The van der Waals surface area contributed by atoms with E-state index >= 15 is 0 Å². The molecule has 0 amide bonds. The van der Waals surface area contributed by atoms with Gasteiger partial charge in [0.2, 0.25) is 0 Å². The molecule has 0 fully saturated rings. The smallest absolute Gasteiger partial charge is 0.0516 e. The van der Waals surface area contributed by atoms with Crippen molar-refractivity contribution in [3.05, 3.63) is 33.9 Å². The summed E-state index contributed by atoms with van der Waals surface area (Å²) in [4.78, 5) is 0. The predicted molar refractivity (Wildman–Crippen MR) is 75.3 cm³/mol. The number of nitrogens with zero attached hydrogens (tertiary/aromatic N) is 1. The summed E-state index contributed by atoms with van der Waals surface area (Å²) in [6.45, 7) is 1.93. The highest BCUT2D eigenvalue weighted by Crippen LogP contribution is 2.32. The third kappa shape index (κ3) is 1.91. The number of benzene rings is 1. The first-order valence-electron chi connectivity index (χ1n) is 6.30. The topological polar surface area (TPSA) is 30.9 Å². The lowest BCUT2D eigenvalue weighted by Crippen LogP contribution is -2.06. The second-order valence-electron chi connectivity index (χ2n) is 4.80. The Morgan fingerprint density at radius 2 is 2.24 bits per heavy atom. The predicted octanol–water partition coefficient (Wildman–Crippen LogP) is 3.24. The lowest BCUT2D eigenvalue weighted by atomic mass is 10.0. The molecule has 1 aliphatic rings. The molecule has 0 spiro atoms. The standard InChI is InChI=1S/C14H17BrN2/c15-12-7-10-4-2-6-17-9-11(3-1-5-16)13(8-12)14(10)17/h7-9H,1-6,16H2. The summed E-state index contributed by atoms with van der Waals surface area (Å²) < 4.78 is 3.63. The molecule has 3 rings (SSSR count). The number of aryl methyl sites for hydroxylation is 3. The van der Waals surface area contributed by atoms with Crippen LogP contribution in [0.4, 0.5) is 0 Å². The molecule has 0 unspecified atom stereocenters. The average Bonchev–Trinajstić information content (AvgIpc) is 2.66. The summed E-state index contributed by atoms with van der Waals surface area (Å²) in [6.07, 6.45) is 6.95. The first-order valence-corrected chi connectivity index (χ1v) is 7.09. The van der Waals surface area contributed by atoms with Crippen LogP contribution in [-0.4, -0.2) is 11.1 Å². The number of nitrogens with two attached hydrogens (primary N) is 1. The van der Waals surface area contributed by atoms with E-state index in [1.54, 1.807) is 0 Å². The maximum Gasteiger partial charge on any atom is 0.0516 e. The Morgan fingerprint density at radius 3 is 3.06 bits per heavy atom. The molecule has 2 heterocycles. The van der Waals surface area contributed by atoms with Gasteiger partial charge in [-0.15, -0.1) is 0 Å². The van der Waals surface area contributed by atoms with Crippen LogP contribution in [-0.2, 0) is 19.4 Å². The van der Waals surface area contributed by atoms with Crippen LogP contribution in [0.2, 0.25) is 0 Å². The molecule has 1 aromatic carbocycles. The van der Waals surface area contributed by atoms with Crippen molar-refractivity contribution in [2.75, 3.05) is 6.54 Å². The van der Waals surface area contributed by atoms with Crippen LogP contribution in [0.25, 0.3) is 10.9 Å². The monoisotopic (exact) mass is 292 g/mol. The van der Waals surface area contributed by atoms with E-state index in [0.29, 0.717) is 0 Å². The quantitative estimate of drug-likeness (QED) is 0.925. The molecule has 1 aliphatic heterocycles. The first-order chi connectivity index (χ1) is 8.29. The largest absolute Gasteiger partial charge is 0.347 e. The van der Waals surface area contributed by atoms with Gasteiger partial charge in [-0.25, -0.2) is 0 Å². The van der Waals surface area contributed by atoms with E-state index in [-0.39, 0.29) is 0 Å². The summed E-state index contributed by atoms with van der Waals surface area (Å²) >= 11 is 3.63. The maximum absolute atomic E-state index is 5.62. The zero-order chi connectivity index (χ0) is 11.8. The second-order valence-corrected chi connectivity index (χ2v) is 5.72. The summed E-state index contributed by atoms with van der Waals surface area (Å²) in [5.74, 6) is 0. The van der Waals surface area contributed by atoms with Crippen LogP contribution in [0.3, 0.4) is 0 Å². The van der Waals surface area contributed by atoms with Crippen molar-refractivity contribution in [2.24, 2.45) is 5.73 Å². The SMILES string of the molecule is NCCCc1cn2c3c(cc(Br)cc13)CCC2. The van der Waals surface area contributed by atoms with E-state index < -0.39 is 0 Å².